The van der Waals surface area contributed by atoms with Crippen molar-refractivity contribution in [2.45, 2.75) is 19.4 Å². The van der Waals surface area contributed by atoms with Crippen LogP contribution in [0.25, 0.3) is 0 Å². The largest absolute Gasteiger partial charge is 0.371 e. The maximum absolute atomic E-state index is 12.3. The van der Waals surface area contributed by atoms with E-state index in [0.717, 1.165) is 13.1 Å². The van der Waals surface area contributed by atoms with Gasteiger partial charge in [0, 0.05) is 38.6 Å². The van der Waals surface area contributed by atoms with Gasteiger partial charge in [0.1, 0.15) is 0 Å². The topological polar surface area (TPSA) is 48.5 Å². The molecule has 0 aliphatic carbocycles. The number of urea groups is 1. The van der Waals surface area contributed by atoms with Crippen LogP contribution in [-0.4, -0.2) is 36.1 Å². The second-order valence-electron chi connectivity index (χ2n) is 5.85. The molecule has 5 nitrogen and oxygen atoms in total. The van der Waals surface area contributed by atoms with Crippen LogP contribution in [0.1, 0.15) is 18.4 Å². The average Bonchev–Trinajstić information content (AvgIpc) is 3.10. The van der Waals surface area contributed by atoms with Gasteiger partial charge in [0.2, 0.25) is 0 Å². The minimum atomic E-state index is -0.130. The Balaban J connectivity index is 1.67. The molecule has 0 bridgehead atoms. The van der Waals surface area contributed by atoms with Crippen LogP contribution in [-0.2, 0) is 6.54 Å². The van der Waals surface area contributed by atoms with E-state index in [0.29, 0.717) is 12.2 Å². The molecule has 23 heavy (non-hydrogen) atoms. The highest BCUT2D eigenvalue weighted by Gasteiger charge is 2.17. The third-order valence-corrected chi connectivity index (χ3v) is 4.11. The van der Waals surface area contributed by atoms with Gasteiger partial charge >= 0.3 is 6.03 Å². The maximum atomic E-state index is 12.3. The lowest BCUT2D eigenvalue weighted by molar-refractivity contribution is 0.220. The number of carbonyl (C=O) groups is 1. The van der Waals surface area contributed by atoms with Crippen molar-refractivity contribution < 1.29 is 4.79 Å². The Kier molecular flexibility index (Phi) is 4.76. The molecule has 5 heteroatoms. The number of aromatic nitrogens is 1. The first kappa shape index (κ1) is 15.3. The summed E-state index contributed by atoms with van der Waals surface area (Å²) < 4.78 is 0. The molecule has 1 aromatic heterocycles. The average molecular weight is 310 g/mol. The predicted octanol–water partition coefficient (Wildman–Crippen LogP) is 3.35. The molecule has 2 amide bonds. The molecule has 3 rings (SSSR count). The monoisotopic (exact) mass is 310 g/mol. The van der Waals surface area contributed by atoms with E-state index >= 15 is 0 Å². The Bertz CT molecular complexity index is 653. The standard InChI is InChI=1S/C18H22N4O/c1-21(18(23)20-16-8-6-10-19-13-16)14-15-7-2-3-9-17(15)22-11-4-5-12-22/h2-3,6-10,13H,4-5,11-12,14H2,1H3,(H,20,23). The van der Waals surface area contributed by atoms with Gasteiger partial charge in [-0.3, -0.25) is 4.98 Å². The van der Waals surface area contributed by atoms with E-state index in [9.17, 15) is 4.79 Å². The summed E-state index contributed by atoms with van der Waals surface area (Å²) in [5, 5.41) is 2.86. The van der Waals surface area contributed by atoms with Gasteiger partial charge in [-0.1, -0.05) is 18.2 Å². The van der Waals surface area contributed by atoms with E-state index < -0.39 is 0 Å². The highest BCUT2D eigenvalue weighted by Crippen LogP contribution is 2.25. The van der Waals surface area contributed by atoms with E-state index in [1.54, 1.807) is 23.4 Å². The van der Waals surface area contributed by atoms with Gasteiger partial charge in [-0.2, -0.15) is 0 Å². The van der Waals surface area contributed by atoms with Crippen LogP contribution < -0.4 is 10.2 Å². The number of hydrogen-bond donors (Lipinski definition) is 1. The van der Waals surface area contributed by atoms with Crippen molar-refractivity contribution in [1.29, 1.82) is 0 Å². The molecule has 2 heterocycles. The molecule has 1 N–H and O–H groups in total. The zero-order chi connectivity index (χ0) is 16.1. The Morgan fingerprint density at radius 1 is 1.22 bits per heavy atom. The van der Waals surface area contributed by atoms with Crippen LogP contribution in [0.4, 0.5) is 16.2 Å². The van der Waals surface area contributed by atoms with E-state index in [1.807, 2.05) is 19.2 Å². The van der Waals surface area contributed by atoms with Gasteiger partial charge in [0.25, 0.3) is 0 Å². The van der Waals surface area contributed by atoms with Gasteiger partial charge in [-0.25, -0.2) is 4.79 Å². The van der Waals surface area contributed by atoms with E-state index in [-0.39, 0.29) is 6.03 Å². The van der Waals surface area contributed by atoms with Crippen molar-refractivity contribution in [3.63, 3.8) is 0 Å². The first-order valence-electron chi connectivity index (χ1n) is 7.99. The summed E-state index contributed by atoms with van der Waals surface area (Å²) in [4.78, 5) is 20.4. The van der Waals surface area contributed by atoms with E-state index in [4.69, 9.17) is 0 Å². The number of para-hydroxylation sites is 1. The lowest BCUT2D eigenvalue weighted by Crippen LogP contribution is -2.31. The molecule has 0 saturated carbocycles. The maximum Gasteiger partial charge on any atom is 0.321 e. The minimum Gasteiger partial charge on any atom is -0.371 e. The molecule has 1 aromatic carbocycles. The molecular weight excluding hydrogens is 288 g/mol. The fourth-order valence-corrected chi connectivity index (χ4v) is 2.89. The molecule has 1 saturated heterocycles. The lowest BCUT2D eigenvalue weighted by atomic mass is 10.1. The Labute approximate surface area is 136 Å². The number of amides is 2. The molecule has 1 fully saturated rings. The number of nitrogens with zero attached hydrogens (tertiary/aromatic N) is 3. The van der Waals surface area contributed by atoms with Crippen molar-refractivity contribution >= 4 is 17.4 Å². The highest BCUT2D eigenvalue weighted by atomic mass is 16.2. The van der Waals surface area contributed by atoms with Gasteiger partial charge in [-0.15, -0.1) is 0 Å². The molecular formula is C18H22N4O. The number of benzene rings is 1. The molecule has 0 radical (unpaired) electrons. The number of anilines is 2. The fraction of sp³-hybridized carbons (Fsp3) is 0.333. The van der Waals surface area contributed by atoms with E-state index in [2.05, 4.69) is 33.4 Å². The Hall–Kier alpha value is -2.56. The van der Waals surface area contributed by atoms with Crippen LogP contribution in [0.15, 0.2) is 48.8 Å². The third-order valence-electron chi connectivity index (χ3n) is 4.11. The summed E-state index contributed by atoms with van der Waals surface area (Å²) in [6, 6.07) is 11.8. The van der Waals surface area contributed by atoms with Gasteiger partial charge in [0.05, 0.1) is 11.9 Å². The predicted molar refractivity (Wildman–Crippen MR) is 92.6 cm³/mol. The number of hydrogen-bond acceptors (Lipinski definition) is 3. The second kappa shape index (κ2) is 7.13. The van der Waals surface area contributed by atoms with Crippen molar-refractivity contribution in [1.82, 2.24) is 9.88 Å². The van der Waals surface area contributed by atoms with Gasteiger partial charge in [-0.05, 0) is 36.6 Å². The van der Waals surface area contributed by atoms with Crippen molar-refractivity contribution in [3.8, 4) is 0 Å². The lowest BCUT2D eigenvalue weighted by Gasteiger charge is -2.24. The summed E-state index contributed by atoms with van der Waals surface area (Å²) in [6.45, 7) is 2.78. The zero-order valence-corrected chi connectivity index (χ0v) is 13.4. The highest BCUT2D eigenvalue weighted by molar-refractivity contribution is 5.88. The smallest absolute Gasteiger partial charge is 0.321 e. The first-order chi connectivity index (χ1) is 11.2. The van der Waals surface area contributed by atoms with Gasteiger partial charge in [0.15, 0.2) is 0 Å². The summed E-state index contributed by atoms with van der Waals surface area (Å²) in [5.74, 6) is 0. The molecule has 1 aliphatic rings. The zero-order valence-electron chi connectivity index (χ0n) is 13.4. The molecule has 0 spiro atoms. The Morgan fingerprint density at radius 3 is 2.74 bits per heavy atom. The number of nitrogens with one attached hydrogen (secondary N) is 1. The van der Waals surface area contributed by atoms with Crippen LogP contribution in [0.5, 0.6) is 0 Å². The number of pyridine rings is 1. The van der Waals surface area contributed by atoms with Crippen LogP contribution in [0.3, 0.4) is 0 Å². The summed E-state index contributed by atoms with van der Waals surface area (Å²) >= 11 is 0. The second-order valence-corrected chi connectivity index (χ2v) is 5.85. The summed E-state index contributed by atoms with van der Waals surface area (Å²) in [5.41, 5.74) is 3.13. The number of rotatable bonds is 4. The summed E-state index contributed by atoms with van der Waals surface area (Å²) in [6.07, 6.45) is 5.81. The molecule has 1 aliphatic heterocycles. The van der Waals surface area contributed by atoms with Crippen molar-refractivity contribution in [2.24, 2.45) is 0 Å². The molecule has 0 atom stereocenters. The summed E-state index contributed by atoms with van der Waals surface area (Å²) in [7, 11) is 1.81. The van der Waals surface area contributed by atoms with Crippen LogP contribution >= 0.6 is 0 Å². The Morgan fingerprint density at radius 2 is 2.00 bits per heavy atom. The SMILES string of the molecule is CN(Cc1ccccc1N1CCCC1)C(=O)Nc1cccnc1. The van der Waals surface area contributed by atoms with Crippen LogP contribution in [0.2, 0.25) is 0 Å². The molecule has 0 unspecified atom stereocenters. The number of carbonyl (C=O) groups excluding carboxylic acids is 1. The van der Waals surface area contributed by atoms with Crippen molar-refractivity contribution in [3.05, 3.63) is 54.4 Å². The van der Waals surface area contributed by atoms with Crippen molar-refractivity contribution in [2.75, 3.05) is 30.4 Å². The van der Waals surface area contributed by atoms with Gasteiger partial charge < -0.3 is 15.1 Å². The normalized spacial score (nSPS) is 13.9. The molecule has 2 aromatic rings. The quantitative estimate of drug-likeness (QED) is 0.942. The minimum absolute atomic E-state index is 0.130. The van der Waals surface area contributed by atoms with Crippen LogP contribution in [0, 0.1) is 0 Å². The molecule has 120 valence electrons. The first-order valence-corrected chi connectivity index (χ1v) is 7.99. The fourth-order valence-electron chi connectivity index (χ4n) is 2.89. The third kappa shape index (κ3) is 3.80. The van der Waals surface area contributed by atoms with E-state index in [1.165, 1.54) is 24.1 Å².